The number of phosphoric ester groups is 2. The molecular weight excluding hydrogens is 1070 g/mol. The molecule has 0 radical (unpaired) electrons. The SMILES string of the molecule is CCCCCCCCCCCCCC(=O)O[C@H](COC(=O)CCCCCCCCCC(C)C)COP(=O)(O)OC[C@@H](O)COP(=O)(O)OC[C@@H](COC(=O)CCCCCCCCC(C)C)OC(=O)CCCCCCCCCC(C)C. The predicted molar refractivity (Wildman–Crippen MR) is 317 cm³/mol. The second kappa shape index (κ2) is 52.6. The number of rotatable bonds is 59. The molecule has 80 heavy (non-hydrogen) atoms. The molecular formula is C61H118O17P2. The molecule has 0 aromatic heterocycles. The monoisotopic (exact) mass is 1180 g/mol. The minimum absolute atomic E-state index is 0.102. The Bertz CT molecular complexity index is 1600. The minimum atomic E-state index is -4.94. The Kier molecular flexibility index (Phi) is 51.3. The summed E-state index contributed by atoms with van der Waals surface area (Å²) in [5.41, 5.74) is 0. The van der Waals surface area contributed by atoms with Crippen LogP contribution in [0.25, 0.3) is 0 Å². The fraction of sp³-hybridized carbons (Fsp3) is 0.934. The molecule has 0 saturated carbocycles. The highest BCUT2D eigenvalue weighted by atomic mass is 31.2. The summed E-state index contributed by atoms with van der Waals surface area (Å²) in [4.78, 5) is 72.0. The molecule has 0 bridgehead atoms. The molecule has 0 fully saturated rings. The van der Waals surface area contributed by atoms with Crippen LogP contribution in [0.1, 0.15) is 292 Å². The molecule has 0 aliphatic heterocycles. The Balaban J connectivity index is 5.24. The molecule has 0 aromatic carbocycles. The maximum absolute atomic E-state index is 12.9. The highest BCUT2D eigenvalue weighted by Crippen LogP contribution is 2.45. The fourth-order valence-electron chi connectivity index (χ4n) is 8.95. The van der Waals surface area contributed by atoms with Gasteiger partial charge in [-0.1, -0.05) is 241 Å². The van der Waals surface area contributed by atoms with Gasteiger partial charge in [0.05, 0.1) is 26.4 Å². The van der Waals surface area contributed by atoms with Gasteiger partial charge < -0.3 is 33.8 Å². The van der Waals surface area contributed by atoms with Crippen LogP contribution < -0.4 is 0 Å². The van der Waals surface area contributed by atoms with E-state index in [1.165, 1.54) is 89.9 Å². The first-order chi connectivity index (χ1) is 38.2. The zero-order valence-electron chi connectivity index (χ0n) is 51.5. The van der Waals surface area contributed by atoms with E-state index in [1.54, 1.807) is 0 Å². The maximum atomic E-state index is 12.9. The lowest BCUT2D eigenvalue weighted by atomic mass is 10.0. The van der Waals surface area contributed by atoms with Gasteiger partial charge >= 0.3 is 39.5 Å². The van der Waals surface area contributed by atoms with Crippen LogP contribution in [0.3, 0.4) is 0 Å². The van der Waals surface area contributed by atoms with Crippen LogP contribution in [-0.2, 0) is 65.4 Å². The lowest BCUT2D eigenvalue weighted by molar-refractivity contribution is -0.161. The van der Waals surface area contributed by atoms with Crippen molar-refractivity contribution < 1.29 is 80.2 Å². The predicted octanol–water partition coefficient (Wildman–Crippen LogP) is 16.3. The minimum Gasteiger partial charge on any atom is -0.462 e. The highest BCUT2D eigenvalue weighted by Gasteiger charge is 2.30. The molecule has 3 N–H and O–H groups in total. The van der Waals surface area contributed by atoms with E-state index in [0.717, 1.165) is 103 Å². The van der Waals surface area contributed by atoms with Gasteiger partial charge in [0.2, 0.25) is 0 Å². The molecule has 17 nitrogen and oxygen atoms in total. The van der Waals surface area contributed by atoms with E-state index in [-0.39, 0.29) is 25.7 Å². The van der Waals surface area contributed by atoms with Crippen LogP contribution >= 0.6 is 15.6 Å². The van der Waals surface area contributed by atoms with Gasteiger partial charge in [-0.15, -0.1) is 0 Å². The number of aliphatic hydroxyl groups excluding tert-OH is 1. The summed E-state index contributed by atoms with van der Waals surface area (Å²) in [7, 11) is -9.88. The van der Waals surface area contributed by atoms with Crippen molar-refractivity contribution >= 4 is 39.5 Å². The van der Waals surface area contributed by atoms with Crippen LogP contribution in [0.2, 0.25) is 0 Å². The molecule has 0 aliphatic rings. The standard InChI is InChI=1S/C61H118O17P2/c1-8-9-10-11-12-13-14-15-20-30-37-44-60(65)77-56(48-71-58(63)42-35-28-21-16-18-25-32-39-52(2)3)50-75-79(67,68)73-46-55(62)47-74-80(69,70)76-51-57(49-72-59(64)43-36-29-24-23-27-34-41-54(6)7)78-61(66)45-38-31-22-17-19-26-33-40-53(4)5/h52-57,62H,8-51H2,1-7H3,(H,67,68)(H,69,70)/t55-,56-,57-/m1/s1. The Morgan fingerprint density at radius 3 is 0.850 bits per heavy atom. The molecule has 2 unspecified atom stereocenters. The Morgan fingerprint density at radius 1 is 0.338 bits per heavy atom. The van der Waals surface area contributed by atoms with Crippen LogP contribution in [0.5, 0.6) is 0 Å². The molecule has 0 spiro atoms. The van der Waals surface area contributed by atoms with Crippen LogP contribution in [-0.4, -0.2) is 96.7 Å². The van der Waals surface area contributed by atoms with E-state index < -0.39 is 97.5 Å². The number of aliphatic hydroxyl groups is 1. The zero-order valence-corrected chi connectivity index (χ0v) is 53.3. The summed E-state index contributed by atoms with van der Waals surface area (Å²) in [5, 5.41) is 10.5. The van der Waals surface area contributed by atoms with Crippen molar-refractivity contribution in [1.82, 2.24) is 0 Å². The molecule has 19 heteroatoms. The van der Waals surface area contributed by atoms with Gasteiger partial charge in [0, 0.05) is 25.7 Å². The summed E-state index contributed by atoms with van der Waals surface area (Å²) in [5.74, 6) is -0.0634. The van der Waals surface area contributed by atoms with Gasteiger partial charge in [0.1, 0.15) is 19.3 Å². The van der Waals surface area contributed by atoms with Crippen LogP contribution in [0.4, 0.5) is 0 Å². The summed E-state index contributed by atoms with van der Waals surface area (Å²) in [6, 6.07) is 0. The Hall–Kier alpha value is -1.94. The van der Waals surface area contributed by atoms with Crippen molar-refractivity contribution in [2.24, 2.45) is 17.8 Å². The van der Waals surface area contributed by atoms with Gasteiger partial charge in [0.25, 0.3) is 0 Å². The molecule has 0 aromatic rings. The van der Waals surface area contributed by atoms with Crippen LogP contribution in [0.15, 0.2) is 0 Å². The van der Waals surface area contributed by atoms with E-state index in [2.05, 4.69) is 48.5 Å². The molecule has 0 saturated heterocycles. The lowest BCUT2D eigenvalue weighted by Crippen LogP contribution is -2.30. The number of ether oxygens (including phenoxy) is 4. The molecule has 0 aliphatic carbocycles. The van der Waals surface area contributed by atoms with Gasteiger partial charge in [0.15, 0.2) is 12.2 Å². The van der Waals surface area contributed by atoms with Gasteiger partial charge in [-0.3, -0.25) is 37.3 Å². The number of hydrogen-bond donors (Lipinski definition) is 3. The second-order valence-corrected chi connectivity index (χ2v) is 26.4. The van der Waals surface area contributed by atoms with E-state index in [0.29, 0.717) is 43.4 Å². The maximum Gasteiger partial charge on any atom is 0.472 e. The van der Waals surface area contributed by atoms with Gasteiger partial charge in [-0.25, -0.2) is 9.13 Å². The normalized spacial score (nSPS) is 14.5. The third kappa shape index (κ3) is 55.3. The van der Waals surface area contributed by atoms with Gasteiger partial charge in [-0.2, -0.15) is 0 Å². The number of carbonyl (C=O) groups excluding carboxylic acids is 4. The zero-order chi connectivity index (χ0) is 59.5. The van der Waals surface area contributed by atoms with Crippen molar-refractivity contribution in [1.29, 1.82) is 0 Å². The summed E-state index contributed by atoms with van der Waals surface area (Å²) < 4.78 is 67.8. The van der Waals surface area contributed by atoms with E-state index >= 15 is 0 Å². The largest absolute Gasteiger partial charge is 0.472 e. The number of esters is 4. The van der Waals surface area contributed by atoms with Gasteiger partial charge in [-0.05, 0) is 43.4 Å². The third-order valence-electron chi connectivity index (χ3n) is 13.9. The molecule has 5 atom stereocenters. The average molecular weight is 1190 g/mol. The number of carbonyl (C=O) groups is 4. The second-order valence-electron chi connectivity index (χ2n) is 23.5. The first kappa shape index (κ1) is 78.1. The van der Waals surface area contributed by atoms with Crippen molar-refractivity contribution in [2.75, 3.05) is 39.6 Å². The van der Waals surface area contributed by atoms with Crippen molar-refractivity contribution in [3.8, 4) is 0 Å². The number of phosphoric acid groups is 2. The topological polar surface area (TPSA) is 237 Å². The fourth-order valence-corrected chi connectivity index (χ4v) is 10.5. The van der Waals surface area contributed by atoms with Crippen molar-refractivity contribution in [3.63, 3.8) is 0 Å². The average Bonchev–Trinajstić information content (AvgIpc) is 3.40. The van der Waals surface area contributed by atoms with E-state index in [1.807, 2.05) is 0 Å². The first-order valence-electron chi connectivity index (χ1n) is 31.8. The van der Waals surface area contributed by atoms with Crippen molar-refractivity contribution in [2.45, 2.75) is 311 Å². The quantitative estimate of drug-likeness (QED) is 0.0222. The molecule has 474 valence electrons. The lowest BCUT2D eigenvalue weighted by Gasteiger charge is -2.21. The third-order valence-corrected chi connectivity index (χ3v) is 15.8. The summed E-state index contributed by atoms with van der Waals surface area (Å²) in [6.07, 6.45) is 32.4. The molecule has 0 heterocycles. The van der Waals surface area contributed by atoms with Crippen molar-refractivity contribution in [3.05, 3.63) is 0 Å². The summed E-state index contributed by atoms with van der Waals surface area (Å²) >= 11 is 0. The Labute approximate surface area is 486 Å². The highest BCUT2D eigenvalue weighted by molar-refractivity contribution is 7.47. The van der Waals surface area contributed by atoms with E-state index in [9.17, 15) is 43.2 Å². The number of hydrogen-bond acceptors (Lipinski definition) is 15. The van der Waals surface area contributed by atoms with E-state index in [4.69, 9.17) is 37.0 Å². The smallest absolute Gasteiger partial charge is 0.462 e. The summed E-state index contributed by atoms with van der Waals surface area (Å²) in [6.45, 7) is 11.6. The molecule has 0 rings (SSSR count). The number of unbranched alkanes of at least 4 members (excludes halogenated alkanes) is 27. The Morgan fingerprint density at radius 2 is 0.575 bits per heavy atom. The first-order valence-corrected chi connectivity index (χ1v) is 34.8. The molecule has 0 amide bonds. The van der Waals surface area contributed by atoms with Crippen LogP contribution in [0, 0.1) is 17.8 Å².